The molecule has 0 radical (unpaired) electrons. The van der Waals surface area contributed by atoms with Crippen LogP contribution in [0.3, 0.4) is 0 Å². The van der Waals surface area contributed by atoms with E-state index in [2.05, 4.69) is 13.8 Å². The van der Waals surface area contributed by atoms with Crippen molar-refractivity contribution in [1.29, 1.82) is 0 Å². The van der Waals surface area contributed by atoms with Gasteiger partial charge in [-0.05, 0) is 93.1 Å². The molecule has 0 spiro atoms. The lowest BCUT2D eigenvalue weighted by Crippen LogP contribution is -2.36. The van der Waals surface area contributed by atoms with Gasteiger partial charge >= 0.3 is 0 Å². The Bertz CT molecular complexity index is 806. The van der Waals surface area contributed by atoms with Crippen molar-refractivity contribution in [2.24, 2.45) is 23.2 Å². The van der Waals surface area contributed by atoms with Crippen molar-refractivity contribution in [2.75, 3.05) is 0 Å². The van der Waals surface area contributed by atoms with Crippen molar-refractivity contribution in [3.63, 3.8) is 0 Å². The molecule has 0 saturated heterocycles. The normalized spacial score (nSPS) is 40.4. The predicted molar refractivity (Wildman–Crippen MR) is 124 cm³/mol. The molecule has 0 bridgehead atoms. The molecule has 3 fully saturated rings. The van der Waals surface area contributed by atoms with Gasteiger partial charge in [-0.2, -0.15) is 0 Å². The lowest BCUT2D eigenvalue weighted by molar-refractivity contribution is 0.0596. The molecule has 0 aromatic carbocycles. The Kier molecular flexibility index (Phi) is 6.13. The second kappa shape index (κ2) is 9.30. The molecule has 0 heterocycles. The van der Waals surface area contributed by atoms with E-state index >= 15 is 0 Å². The van der Waals surface area contributed by atoms with Crippen LogP contribution in [0.2, 0.25) is 0 Å². The number of aliphatic hydroxyl groups excluding tert-OH is 2. The fourth-order valence-corrected chi connectivity index (χ4v) is 6.57. The molecule has 3 rings (SSSR count). The maximum Gasteiger partial charge on any atom is 0.0811 e. The highest BCUT2D eigenvalue weighted by Crippen LogP contribution is 2.60. The summed E-state index contributed by atoms with van der Waals surface area (Å²) < 4.78 is 24.3. The molecule has 3 aliphatic carbocycles. The summed E-state index contributed by atoms with van der Waals surface area (Å²) in [6, 6.07) is 0.251. The first-order chi connectivity index (χ1) is 15.3. The average Bonchev–Trinajstić information content (AvgIpc) is 3.03. The van der Waals surface area contributed by atoms with Crippen LogP contribution in [0.1, 0.15) is 96.0 Å². The summed E-state index contributed by atoms with van der Waals surface area (Å²) in [5, 5.41) is 30.5. The van der Waals surface area contributed by atoms with Crippen LogP contribution < -0.4 is 0 Å². The molecule has 1 unspecified atom stereocenters. The monoisotopic (exact) mass is 419 g/mol. The third-order valence-electron chi connectivity index (χ3n) is 8.20. The number of hydrogen-bond acceptors (Lipinski definition) is 3. The summed E-state index contributed by atoms with van der Waals surface area (Å²) in [6.45, 7) is 8.10. The third kappa shape index (κ3) is 5.29. The smallest absolute Gasteiger partial charge is 0.0811 e. The van der Waals surface area contributed by atoms with Crippen molar-refractivity contribution in [3.8, 4) is 0 Å². The second-order valence-corrected chi connectivity index (χ2v) is 11.1. The lowest BCUT2D eigenvalue weighted by atomic mass is 9.60. The van der Waals surface area contributed by atoms with E-state index in [1.165, 1.54) is 18.4 Å². The van der Waals surface area contributed by atoms with Crippen LogP contribution in [0.4, 0.5) is 0 Å². The number of aliphatic hydroxyl groups is 3. The largest absolute Gasteiger partial charge is 0.393 e. The lowest BCUT2D eigenvalue weighted by Gasteiger charge is -2.44. The minimum Gasteiger partial charge on any atom is -0.393 e. The number of rotatable bonds is 6. The second-order valence-electron chi connectivity index (χ2n) is 11.1. The van der Waals surface area contributed by atoms with Gasteiger partial charge in [0.2, 0.25) is 0 Å². The van der Waals surface area contributed by atoms with Crippen LogP contribution in [-0.2, 0) is 0 Å². The maximum atomic E-state index is 10.3. The molecule has 0 aliphatic heterocycles. The van der Waals surface area contributed by atoms with E-state index in [0.717, 1.165) is 38.5 Å². The van der Waals surface area contributed by atoms with Crippen LogP contribution in [0, 0.1) is 23.2 Å². The Balaban J connectivity index is 1.82. The standard InChI is InChI=1S/C27H44O3/c1-18(8-6-14-26(3,4)30)23-12-13-24-20(9-7-15-27(23,24)5)10-11-21-16-22(28)17-25(29)19(21)2/h10-11,18,22-25,28-30H,2,6-9,12-17H2,1,3-5H3/b20-10?,21-11-/t18-,22-,23-,24?,25-,27-/m1/s1/i2D2,11D. The van der Waals surface area contributed by atoms with E-state index in [1.807, 2.05) is 19.9 Å². The van der Waals surface area contributed by atoms with Gasteiger partial charge < -0.3 is 15.3 Å². The highest BCUT2D eigenvalue weighted by molar-refractivity contribution is 5.38. The molecule has 3 heteroatoms. The minimum atomic E-state index is -1.05. The molecule has 30 heavy (non-hydrogen) atoms. The highest BCUT2D eigenvalue weighted by Gasteiger charge is 2.50. The molecule has 170 valence electrons. The summed E-state index contributed by atoms with van der Waals surface area (Å²) in [5.74, 6) is 1.67. The van der Waals surface area contributed by atoms with Gasteiger partial charge in [-0.1, -0.05) is 50.9 Å². The summed E-state index contributed by atoms with van der Waals surface area (Å²) in [4.78, 5) is 0. The quantitative estimate of drug-likeness (QED) is 0.517. The molecule has 3 N–H and O–H groups in total. The van der Waals surface area contributed by atoms with Crippen molar-refractivity contribution < 1.29 is 19.4 Å². The molecular formula is C27H44O3. The van der Waals surface area contributed by atoms with Gasteiger partial charge in [0.25, 0.3) is 0 Å². The molecular weight excluding hydrogens is 372 g/mol. The molecule has 3 saturated carbocycles. The van der Waals surface area contributed by atoms with E-state index < -0.39 is 24.3 Å². The first-order valence-corrected chi connectivity index (χ1v) is 12.0. The Hall–Kier alpha value is -0.900. The molecule has 0 amide bonds. The zero-order chi connectivity index (χ0) is 24.6. The fraction of sp³-hybridized carbons (Fsp3) is 0.778. The maximum absolute atomic E-state index is 10.3. The number of allylic oxidation sites excluding steroid dienone is 3. The van der Waals surface area contributed by atoms with Crippen LogP contribution in [0.25, 0.3) is 0 Å². The predicted octanol–water partition coefficient (Wildman–Crippen LogP) is 5.70. The Morgan fingerprint density at radius 2 is 2.13 bits per heavy atom. The van der Waals surface area contributed by atoms with Crippen LogP contribution in [-0.4, -0.2) is 33.1 Å². The summed E-state index contributed by atoms with van der Waals surface area (Å²) >= 11 is 0. The van der Waals surface area contributed by atoms with Crippen molar-refractivity contribution in [1.82, 2.24) is 0 Å². The van der Waals surface area contributed by atoms with E-state index in [-0.39, 0.29) is 29.9 Å². The number of hydrogen-bond donors (Lipinski definition) is 3. The van der Waals surface area contributed by atoms with Crippen molar-refractivity contribution >= 4 is 0 Å². The van der Waals surface area contributed by atoms with Crippen molar-refractivity contribution in [3.05, 3.63) is 35.4 Å². The molecule has 3 nitrogen and oxygen atoms in total. The third-order valence-corrected chi connectivity index (χ3v) is 8.20. The van der Waals surface area contributed by atoms with Crippen LogP contribution in [0.5, 0.6) is 0 Å². The zero-order valence-corrected chi connectivity index (χ0v) is 19.4. The van der Waals surface area contributed by atoms with Gasteiger partial charge in [-0.25, -0.2) is 0 Å². The van der Waals surface area contributed by atoms with Gasteiger partial charge in [0.15, 0.2) is 0 Å². The van der Waals surface area contributed by atoms with Gasteiger partial charge in [-0.3, -0.25) is 0 Å². The Morgan fingerprint density at radius 1 is 1.37 bits per heavy atom. The van der Waals surface area contributed by atoms with Crippen LogP contribution >= 0.6 is 0 Å². The molecule has 6 atom stereocenters. The summed E-state index contributed by atoms with van der Waals surface area (Å²) in [6.07, 6.45) is 9.07. The van der Waals surface area contributed by atoms with Crippen molar-refractivity contribution in [2.45, 2.75) is 110 Å². The van der Waals surface area contributed by atoms with Crippen LogP contribution in [0.15, 0.2) is 35.4 Å². The first kappa shape index (κ1) is 19.8. The van der Waals surface area contributed by atoms with Gasteiger partial charge in [0.1, 0.15) is 0 Å². The van der Waals surface area contributed by atoms with E-state index in [9.17, 15) is 15.3 Å². The molecule has 0 aromatic rings. The summed E-state index contributed by atoms with van der Waals surface area (Å²) in [5.41, 5.74) is 1.55. The van der Waals surface area contributed by atoms with Gasteiger partial charge in [0, 0.05) is 6.42 Å². The Morgan fingerprint density at radius 3 is 2.83 bits per heavy atom. The molecule has 3 aliphatic rings. The first-order valence-electron chi connectivity index (χ1n) is 13.5. The van der Waals surface area contributed by atoms with E-state index in [1.54, 1.807) is 0 Å². The van der Waals surface area contributed by atoms with Gasteiger partial charge in [-0.15, -0.1) is 0 Å². The minimum absolute atomic E-state index is 0.123. The summed E-state index contributed by atoms with van der Waals surface area (Å²) in [7, 11) is 0. The van der Waals surface area contributed by atoms with Gasteiger partial charge in [0.05, 0.1) is 21.9 Å². The SMILES string of the molecule is [2H]C([2H])=C1/C(=C(/[2H])C=C2CCC[C@@]3(C)C2CC[C@@H]3[C@H](C)CCCC(C)(C)O)C[C@@H](O)C[C@H]1O. The zero-order valence-electron chi connectivity index (χ0n) is 22.4. The van der Waals surface area contributed by atoms with E-state index in [0.29, 0.717) is 23.3 Å². The topological polar surface area (TPSA) is 60.7 Å². The van der Waals surface area contributed by atoms with E-state index in [4.69, 9.17) is 4.11 Å². The number of fused-ring (bicyclic) bond motifs is 1. The highest BCUT2D eigenvalue weighted by atomic mass is 16.3. The Labute approximate surface area is 188 Å². The average molecular weight is 420 g/mol. The fourth-order valence-electron chi connectivity index (χ4n) is 6.57. The molecule has 0 aromatic heterocycles.